The van der Waals surface area contributed by atoms with Gasteiger partial charge in [0.05, 0.1) is 17.2 Å². The maximum atomic E-state index is 13.3. The van der Waals surface area contributed by atoms with Crippen molar-refractivity contribution in [3.05, 3.63) is 64.3 Å². The first-order valence-corrected chi connectivity index (χ1v) is 10.3. The van der Waals surface area contributed by atoms with E-state index in [1.165, 1.54) is 20.2 Å². The average Bonchev–Trinajstić information content (AvgIpc) is 3.06. The van der Waals surface area contributed by atoms with Crippen LogP contribution in [0.25, 0.3) is 10.9 Å². The number of hydrogen-bond donors (Lipinski definition) is 1. The quantitative estimate of drug-likeness (QED) is 0.716. The van der Waals surface area contributed by atoms with Gasteiger partial charge in [-0.3, -0.25) is 4.79 Å². The van der Waals surface area contributed by atoms with Crippen LogP contribution in [0.4, 0.5) is 0 Å². The van der Waals surface area contributed by atoms with E-state index in [1.807, 2.05) is 13.8 Å². The highest BCUT2D eigenvalue weighted by molar-refractivity contribution is 7.84. The summed E-state index contributed by atoms with van der Waals surface area (Å²) in [7, 11) is -1.14. The number of nitrogens with one attached hydrogen (secondary N) is 1. The molecule has 0 saturated heterocycles. The van der Waals surface area contributed by atoms with E-state index in [0.29, 0.717) is 22.3 Å². The molecule has 0 amide bonds. The monoisotopic (exact) mass is 409 g/mol. The molecular formula is C21H19N3O4S. The SMILES string of the molecule is CN(C)S(=O)(=O)Oc1ccc2c(c1)C(C)(C)c1[nH]c3cc(C#N)ccc3c1C2=O. The lowest BCUT2D eigenvalue weighted by atomic mass is 9.71. The second-order valence-corrected chi connectivity index (χ2v) is 9.48. The predicted molar refractivity (Wildman–Crippen MR) is 108 cm³/mol. The van der Waals surface area contributed by atoms with Crippen molar-refractivity contribution in [1.82, 2.24) is 9.29 Å². The Morgan fingerprint density at radius 3 is 2.52 bits per heavy atom. The number of nitriles is 1. The Morgan fingerprint density at radius 1 is 1.14 bits per heavy atom. The van der Waals surface area contributed by atoms with E-state index in [0.717, 1.165) is 20.9 Å². The normalized spacial score (nSPS) is 15.1. The highest BCUT2D eigenvalue weighted by atomic mass is 32.2. The Morgan fingerprint density at radius 2 is 1.86 bits per heavy atom. The molecule has 1 N–H and O–H groups in total. The first-order chi connectivity index (χ1) is 13.6. The summed E-state index contributed by atoms with van der Waals surface area (Å²) in [6.45, 7) is 3.92. The van der Waals surface area contributed by atoms with Crippen molar-refractivity contribution in [1.29, 1.82) is 5.26 Å². The van der Waals surface area contributed by atoms with Crippen LogP contribution in [0.5, 0.6) is 5.75 Å². The second kappa shape index (κ2) is 6.17. The Bertz CT molecular complexity index is 1330. The molecule has 3 aromatic rings. The van der Waals surface area contributed by atoms with E-state index in [1.54, 1.807) is 30.3 Å². The molecule has 29 heavy (non-hydrogen) atoms. The number of benzene rings is 2. The molecule has 148 valence electrons. The summed E-state index contributed by atoms with van der Waals surface area (Å²) >= 11 is 0. The van der Waals surface area contributed by atoms with Crippen LogP contribution in [0.2, 0.25) is 0 Å². The van der Waals surface area contributed by atoms with Gasteiger partial charge in [0.15, 0.2) is 5.78 Å². The molecule has 0 atom stereocenters. The molecular weight excluding hydrogens is 390 g/mol. The topological polar surface area (TPSA) is 103 Å². The Balaban J connectivity index is 1.90. The van der Waals surface area contributed by atoms with Gasteiger partial charge in [0.1, 0.15) is 5.75 Å². The molecule has 0 saturated carbocycles. The van der Waals surface area contributed by atoms with Crippen LogP contribution in [0, 0.1) is 11.3 Å². The van der Waals surface area contributed by atoms with Crippen molar-refractivity contribution >= 4 is 27.0 Å². The number of nitrogens with zero attached hydrogens (tertiary/aromatic N) is 2. The summed E-state index contributed by atoms with van der Waals surface area (Å²) in [5, 5.41) is 9.92. The van der Waals surface area contributed by atoms with Crippen molar-refractivity contribution < 1.29 is 17.4 Å². The number of aromatic nitrogens is 1. The second-order valence-electron chi connectivity index (χ2n) is 7.73. The maximum absolute atomic E-state index is 13.3. The first-order valence-electron chi connectivity index (χ1n) is 8.93. The molecule has 1 aromatic heterocycles. The minimum absolute atomic E-state index is 0.143. The molecule has 4 rings (SSSR count). The zero-order chi connectivity index (χ0) is 21.1. The lowest BCUT2D eigenvalue weighted by Crippen LogP contribution is -2.31. The Kier molecular flexibility index (Phi) is 4.08. The van der Waals surface area contributed by atoms with Crippen LogP contribution < -0.4 is 4.18 Å². The Hall–Kier alpha value is -3.15. The molecule has 1 aliphatic rings. The van der Waals surface area contributed by atoms with Crippen molar-refractivity contribution in [2.45, 2.75) is 19.3 Å². The number of carbonyl (C=O) groups is 1. The van der Waals surface area contributed by atoms with Crippen molar-refractivity contribution in [3.8, 4) is 11.8 Å². The molecule has 0 unspecified atom stereocenters. The molecule has 1 aliphatic carbocycles. The van der Waals surface area contributed by atoms with Gasteiger partial charge in [-0.25, -0.2) is 0 Å². The molecule has 0 bridgehead atoms. The zero-order valence-electron chi connectivity index (χ0n) is 16.4. The van der Waals surface area contributed by atoms with Crippen molar-refractivity contribution in [2.75, 3.05) is 14.1 Å². The molecule has 7 nitrogen and oxygen atoms in total. The summed E-state index contributed by atoms with van der Waals surface area (Å²) in [6.07, 6.45) is 0. The van der Waals surface area contributed by atoms with Gasteiger partial charge < -0.3 is 9.17 Å². The summed E-state index contributed by atoms with van der Waals surface area (Å²) in [6, 6.07) is 12.0. The molecule has 0 aliphatic heterocycles. The lowest BCUT2D eigenvalue weighted by Gasteiger charge is -2.32. The van der Waals surface area contributed by atoms with Gasteiger partial charge in [0.2, 0.25) is 0 Å². The lowest BCUT2D eigenvalue weighted by molar-refractivity contribution is 0.103. The van der Waals surface area contributed by atoms with Crippen molar-refractivity contribution in [2.24, 2.45) is 0 Å². The largest absolute Gasteiger partial charge is 0.384 e. The number of ketones is 1. The zero-order valence-corrected chi connectivity index (χ0v) is 17.2. The van der Waals surface area contributed by atoms with Gasteiger partial charge in [0, 0.05) is 41.7 Å². The molecule has 0 fully saturated rings. The first kappa shape index (κ1) is 19.2. The summed E-state index contributed by atoms with van der Waals surface area (Å²) < 4.78 is 30.3. The van der Waals surface area contributed by atoms with Crippen LogP contribution in [-0.4, -0.2) is 37.6 Å². The Labute approximate surface area is 168 Å². The number of fused-ring (bicyclic) bond motifs is 4. The summed E-state index contributed by atoms with van der Waals surface area (Å²) in [4.78, 5) is 16.6. The third kappa shape index (κ3) is 2.82. The number of aromatic amines is 1. The smallest absolute Gasteiger partial charge is 0.371 e. The molecule has 0 spiro atoms. The molecule has 0 radical (unpaired) electrons. The maximum Gasteiger partial charge on any atom is 0.384 e. The van der Waals surface area contributed by atoms with E-state index < -0.39 is 15.7 Å². The number of hydrogen-bond acceptors (Lipinski definition) is 5. The van der Waals surface area contributed by atoms with Gasteiger partial charge >= 0.3 is 10.3 Å². The summed E-state index contributed by atoms with van der Waals surface area (Å²) in [5.74, 6) is -0.00282. The number of rotatable bonds is 3. The van der Waals surface area contributed by atoms with E-state index >= 15 is 0 Å². The predicted octanol–water partition coefficient (Wildman–Crippen LogP) is 3.10. The van der Waals surface area contributed by atoms with Crippen molar-refractivity contribution in [3.63, 3.8) is 0 Å². The fraction of sp³-hybridized carbons (Fsp3) is 0.238. The fourth-order valence-electron chi connectivity index (χ4n) is 3.73. The van der Waals surface area contributed by atoms with Crippen LogP contribution in [0.1, 0.15) is 46.6 Å². The van der Waals surface area contributed by atoms with Gasteiger partial charge in [0.25, 0.3) is 0 Å². The third-order valence-electron chi connectivity index (χ3n) is 5.34. The molecule has 1 heterocycles. The van der Waals surface area contributed by atoms with Gasteiger partial charge in [-0.05, 0) is 35.9 Å². The molecule has 8 heteroatoms. The average molecular weight is 409 g/mol. The van der Waals surface area contributed by atoms with E-state index in [-0.39, 0.29) is 11.5 Å². The minimum atomic E-state index is -3.91. The standard InChI is InChI=1S/C21H19N3O4S/c1-21(2)16-10-13(28-29(26,27)24(3)4)6-8-14(16)19(25)18-15-7-5-12(11-22)9-17(15)23-20(18)21/h5-10,23H,1-4H3. The fourth-order valence-corrected chi connectivity index (χ4v) is 4.22. The molecule has 2 aromatic carbocycles. The van der Waals surface area contributed by atoms with E-state index in [2.05, 4.69) is 11.1 Å². The van der Waals surface area contributed by atoms with Gasteiger partial charge in [-0.15, -0.1) is 0 Å². The highest BCUT2D eigenvalue weighted by Gasteiger charge is 2.40. The number of carbonyl (C=O) groups excluding carboxylic acids is 1. The van der Waals surface area contributed by atoms with Crippen LogP contribution in [-0.2, 0) is 15.7 Å². The number of H-pyrrole nitrogens is 1. The van der Waals surface area contributed by atoms with Gasteiger partial charge in [-0.1, -0.05) is 19.9 Å². The summed E-state index contributed by atoms with van der Waals surface area (Å²) in [5.41, 5.74) is 3.10. The van der Waals surface area contributed by atoms with Crippen LogP contribution >= 0.6 is 0 Å². The van der Waals surface area contributed by atoms with Crippen LogP contribution in [0.3, 0.4) is 0 Å². The minimum Gasteiger partial charge on any atom is -0.371 e. The van der Waals surface area contributed by atoms with E-state index in [9.17, 15) is 13.2 Å². The van der Waals surface area contributed by atoms with E-state index in [4.69, 9.17) is 9.44 Å². The van der Waals surface area contributed by atoms with Gasteiger partial charge in [-0.2, -0.15) is 18.0 Å². The third-order valence-corrected chi connectivity index (χ3v) is 6.63. The van der Waals surface area contributed by atoms with Crippen LogP contribution in [0.15, 0.2) is 36.4 Å². The highest BCUT2D eigenvalue weighted by Crippen LogP contribution is 2.44.